The molecule has 176 valence electrons. The van der Waals surface area contributed by atoms with Crippen LogP contribution in [0.15, 0.2) is 67.3 Å². The van der Waals surface area contributed by atoms with E-state index in [0.717, 1.165) is 36.8 Å². The molecule has 0 saturated carbocycles. The van der Waals surface area contributed by atoms with Crippen molar-refractivity contribution in [2.24, 2.45) is 0 Å². The van der Waals surface area contributed by atoms with Crippen molar-refractivity contribution in [3.63, 3.8) is 0 Å². The average molecular weight is 450 g/mol. The summed E-state index contributed by atoms with van der Waals surface area (Å²) in [6, 6.07) is 14.1. The van der Waals surface area contributed by atoms with Crippen molar-refractivity contribution in [1.82, 2.24) is 4.98 Å². The van der Waals surface area contributed by atoms with Crippen LogP contribution in [0.25, 0.3) is 11.1 Å². The maximum absolute atomic E-state index is 5.86. The van der Waals surface area contributed by atoms with Gasteiger partial charge in [0.15, 0.2) is 12.4 Å². The Kier molecular flexibility index (Phi) is 10.5. The SMILES string of the molecule is COc1cc(OC)cc(OCCCCCCCCCC[n+]2ccc(-c3ccncc3)cc2)c1. The second-order valence-electron chi connectivity index (χ2n) is 8.29. The third-order valence-electron chi connectivity index (χ3n) is 5.81. The molecular weight excluding hydrogens is 412 g/mol. The normalized spacial score (nSPS) is 10.7. The highest BCUT2D eigenvalue weighted by molar-refractivity contribution is 5.61. The molecule has 0 aliphatic carbocycles. The highest BCUT2D eigenvalue weighted by atomic mass is 16.5. The van der Waals surface area contributed by atoms with Crippen molar-refractivity contribution in [2.75, 3.05) is 20.8 Å². The number of hydrogen-bond donors (Lipinski definition) is 0. The van der Waals surface area contributed by atoms with Gasteiger partial charge in [0, 0.05) is 49.1 Å². The molecule has 5 heteroatoms. The zero-order chi connectivity index (χ0) is 23.1. The number of rotatable bonds is 15. The van der Waals surface area contributed by atoms with E-state index in [1.165, 1.54) is 56.1 Å². The van der Waals surface area contributed by atoms with E-state index >= 15 is 0 Å². The number of nitrogens with zero attached hydrogens (tertiary/aromatic N) is 2. The van der Waals surface area contributed by atoms with Crippen LogP contribution >= 0.6 is 0 Å². The van der Waals surface area contributed by atoms with E-state index in [2.05, 4.69) is 34.1 Å². The van der Waals surface area contributed by atoms with Gasteiger partial charge in [-0.25, -0.2) is 4.57 Å². The van der Waals surface area contributed by atoms with Crippen LogP contribution in [-0.4, -0.2) is 25.8 Å². The van der Waals surface area contributed by atoms with Gasteiger partial charge in [-0.2, -0.15) is 0 Å². The number of ether oxygens (including phenoxy) is 3. The largest absolute Gasteiger partial charge is 0.496 e. The summed E-state index contributed by atoms with van der Waals surface area (Å²) >= 11 is 0. The maximum atomic E-state index is 5.86. The van der Waals surface area contributed by atoms with Crippen molar-refractivity contribution in [1.29, 1.82) is 0 Å². The Bertz CT molecular complexity index is 907. The second kappa shape index (κ2) is 14.1. The Balaban J connectivity index is 1.19. The molecule has 2 heterocycles. The summed E-state index contributed by atoms with van der Waals surface area (Å²) in [6.07, 6.45) is 18.1. The van der Waals surface area contributed by atoms with E-state index in [9.17, 15) is 0 Å². The smallest absolute Gasteiger partial charge is 0.169 e. The number of pyridine rings is 2. The quantitative estimate of drug-likeness (QED) is 0.203. The van der Waals surface area contributed by atoms with E-state index in [1.54, 1.807) is 14.2 Å². The van der Waals surface area contributed by atoms with Gasteiger partial charge in [-0.3, -0.25) is 4.98 Å². The summed E-state index contributed by atoms with van der Waals surface area (Å²) in [5.41, 5.74) is 2.45. The minimum Gasteiger partial charge on any atom is -0.496 e. The number of methoxy groups -OCH3 is 2. The van der Waals surface area contributed by atoms with Crippen LogP contribution in [-0.2, 0) is 6.54 Å². The fraction of sp³-hybridized carbons (Fsp3) is 0.429. The molecule has 0 saturated heterocycles. The Hall–Kier alpha value is -3.08. The molecule has 33 heavy (non-hydrogen) atoms. The molecule has 0 radical (unpaired) electrons. The van der Waals surface area contributed by atoms with Crippen molar-refractivity contribution in [2.45, 2.75) is 57.9 Å². The van der Waals surface area contributed by atoms with Gasteiger partial charge >= 0.3 is 0 Å². The predicted octanol–water partition coefficient (Wildman–Crippen LogP) is 6.25. The minimum atomic E-state index is 0.730. The molecule has 3 rings (SSSR count). The zero-order valence-corrected chi connectivity index (χ0v) is 20.0. The number of hydrogen-bond acceptors (Lipinski definition) is 4. The van der Waals surface area contributed by atoms with Crippen LogP contribution in [0, 0.1) is 0 Å². The fourth-order valence-electron chi connectivity index (χ4n) is 3.85. The Morgan fingerprint density at radius 2 is 1.15 bits per heavy atom. The van der Waals surface area contributed by atoms with Gasteiger partial charge in [0.1, 0.15) is 23.8 Å². The third kappa shape index (κ3) is 8.76. The molecule has 1 aromatic carbocycles. The first-order valence-electron chi connectivity index (χ1n) is 12.0. The average Bonchev–Trinajstić information content (AvgIpc) is 2.88. The van der Waals surface area contributed by atoms with E-state index in [4.69, 9.17) is 14.2 Å². The van der Waals surface area contributed by atoms with E-state index in [1.807, 2.05) is 42.7 Å². The number of unbranched alkanes of at least 4 members (excludes halogenated alkanes) is 7. The molecule has 0 aliphatic rings. The monoisotopic (exact) mass is 449 g/mol. The lowest BCUT2D eigenvalue weighted by Crippen LogP contribution is -2.32. The molecule has 0 spiro atoms. The lowest BCUT2D eigenvalue weighted by atomic mass is 10.1. The van der Waals surface area contributed by atoms with Crippen molar-refractivity contribution < 1.29 is 18.8 Å². The van der Waals surface area contributed by atoms with E-state index in [0.29, 0.717) is 0 Å². The third-order valence-corrected chi connectivity index (χ3v) is 5.81. The van der Waals surface area contributed by atoms with E-state index < -0.39 is 0 Å². The van der Waals surface area contributed by atoms with Gasteiger partial charge in [0.25, 0.3) is 0 Å². The second-order valence-corrected chi connectivity index (χ2v) is 8.29. The Labute approximate surface area is 198 Å². The number of aromatic nitrogens is 2. The molecule has 0 amide bonds. The van der Waals surface area contributed by atoms with Crippen LogP contribution in [0.1, 0.15) is 51.4 Å². The van der Waals surface area contributed by atoms with Crippen molar-refractivity contribution >= 4 is 0 Å². The fourth-order valence-corrected chi connectivity index (χ4v) is 3.85. The van der Waals surface area contributed by atoms with Crippen LogP contribution in [0.5, 0.6) is 17.2 Å². The van der Waals surface area contributed by atoms with Crippen molar-refractivity contribution in [3.05, 3.63) is 67.3 Å². The summed E-state index contributed by atoms with van der Waals surface area (Å²) in [7, 11) is 3.30. The van der Waals surface area contributed by atoms with Gasteiger partial charge in [-0.1, -0.05) is 32.1 Å². The van der Waals surface area contributed by atoms with Gasteiger partial charge in [-0.15, -0.1) is 0 Å². The zero-order valence-electron chi connectivity index (χ0n) is 20.0. The van der Waals surface area contributed by atoms with Crippen LogP contribution in [0.2, 0.25) is 0 Å². The van der Waals surface area contributed by atoms with E-state index in [-0.39, 0.29) is 0 Å². The minimum absolute atomic E-state index is 0.730. The molecule has 0 aliphatic heterocycles. The molecule has 0 unspecified atom stereocenters. The Morgan fingerprint density at radius 3 is 1.76 bits per heavy atom. The summed E-state index contributed by atoms with van der Waals surface area (Å²) < 4.78 is 18.7. The highest BCUT2D eigenvalue weighted by Gasteiger charge is 2.04. The lowest BCUT2D eigenvalue weighted by molar-refractivity contribution is -0.697. The molecule has 0 bridgehead atoms. The van der Waals surface area contributed by atoms with Gasteiger partial charge in [0.2, 0.25) is 0 Å². The van der Waals surface area contributed by atoms with Gasteiger partial charge in [0.05, 0.1) is 20.8 Å². The molecule has 5 nitrogen and oxygen atoms in total. The summed E-state index contributed by atoms with van der Waals surface area (Å²) in [5.74, 6) is 2.31. The molecule has 0 N–H and O–H groups in total. The molecule has 0 fully saturated rings. The predicted molar refractivity (Wildman–Crippen MR) is 132 cm³/mol. The topological polar surface area (TPSA) is 44.5 Å². The molecule has 0 atom stereocenters. The summed E-state index contributed by atoms with van der Waals surface area (Å²) in [4.78, 5) is 4.08. The van der Waals surface area contributed by atoms with Gasteiger partial charge < -0.3 is 14.2 Å². The van der Waals surface area contributed by atoms with Crippen molar-refractivity contribution in [3.8, 4) is 28.4 Å². The highest BCUT2D eigenvalue weighted by Crippen LogP contribution is 2.27. The summed E-state index contributed by atoms with van der Waals surface area (Å²) in [6.45, 7) is 1.82. The first-order valence-corrected chi connectivity index (χ1v) is 12.0. The molecule has 2 aromatic heterocycles. The van der Waals surface area contributed by atoms with Crippen LogP contribution in [0.4, 0.5) is 0 Å². The van der Waals surface area contributed by atoms with Gasteiger partial charge in [-0.05, 0) is 36.1 Å². The first-order chi connectivity index (χ1) is 16.3. The summed E-state index contributed by atoms with van der Waals surface area (Å²) in [5, 5.41) is 0. The lowest BCUT2D eigenvalue weighted by Gasteiger charge is -2.10. The molecule has 3 aromatic rings. The maximum Gasteiger partial charge on any atom is 0.169 e. The van der Waals surface area contributed by atoms with Crippen LogP contribution < -0.4 is 18.8 Å². The molecular formula is C28H37N2O3+. The first kappa shape index (κ1) is 24.6. The number of aryl methyl sites for hydroxylation is 1. The standard InChI is InChI=1S/C28H37N2O3/c1-31-26-21-27(32-2)23-28(22-26)33-20-10-8-6-4-3-5-7-9-17-30-18-13-25(14-19-30)24-11-15-29-16-12-24/h11-16,18-19,21-23H,3-10,17,20H2,1-2H3/q+1. The number of benzene rings is 1. The van der Waals surface area contributed by atoms with Crippen LogP contribution in [0.3, 0.4) is 0 Å². The Morgan fingerprint density at radius 1 is 0.636 bits per heavy atom.